The maximum Gasteiger partial charge on any atom is 0.389 e. The van der Waals surface area contributed by atoms with Gasteiger partial charge in [-0.2, -0.15) is 13.2 Å². The van der Waals surface area contributed by atoms with E-state index in [1.54, 1.807) is 0 Å². The molecule has 96 valence electrons. The second-order valence-corrected chi connectivity index (χ2v) is 4.75. The highest BCUT2D eigenvalue weighted by Crippen LogP contribution is 2.32. The minimum Gasteiger partial charge on any atom is -0.375 e. The van der Waals surface area contributed by atoms with Gasteiger partial charge in [0, 0.05) is 19.1 Å². The predicted octanol–water partition coefficient (Wildman–Crippen LogP) is 2.88. The van der Waals surface area contributed by atoms with Crippen LogP contribution in [0.3, 0.4) is 0 Å². The lowest BCUT2D eigenvalue weighted by Gasteiger charge is -2.38. The molecule has 0 bridgehead atoms. The molecule has 1 aliphatic heterocycles. The van der Waals surface area contributed by atoms with Crippen LogP contribution < -0.4 is 5.32 Å². The minimum atomic E-state index is -4.05. The molecule has 0 aromatic carbocycles. The van der Waals surface area contributed by atoms with Crippen LogP contribution in [-0.4, -0.2) is 31.5 Å². The molecule has 16 heavy (non-hydrogen) atoms. The molecule has 2 unspecified atom stereocenters. The van der Waals surface area contributed by atoms with E-state index in [-0.39, 0.29) is 6.42 Å². The highest BCUT2D eigenvalue weighted by Gasteiger charge is 2.34. The predicted molar refractivity (Wildman–Crippen MR) is 56.3 cm³/mol. The Bertz CT molecular complexity index is 220. The summed E-state index contributed by atoms with van der Waals surface area (Å²) in [5, 5.41) is 3.16. The van der Waals surface area contributed by atoms with Gasteiger partial charge in [-0.25, -0.2) is 0 Å². The summed E-state index contributed by atoms with van der Waals surface area (Å²) in [4.78, 5) is 0. The third kappa shape index (κ3) is 4.70. The highest BCUT2D eigenvalue weighted by molar-refractivity contribution is 4.85. The van der Waals surface area contributed by atoms with Gasteiger partial charge in [-0.15, -0.1) is 0 Å². The summed E-state index contributed by atoms with van der Waals surface area (Å²) < 4.78 is 41.7. The van der Waals surface area contributed by atoms with Gasteiger partial charge in [0.05, 0.1) is 5.60 Å². The van der Waals surface area contributed by atoms with Crippen molar-refractivity contribution in [1.29, 1.82) is 0 Å². The molecule has 0 aromatic heterocycles. The lowest BCUT2D eigenvalue weighted by Crippen LogP contribution is -2.44. The topological polar surface area (TPSA) is 21.3 Å². The lowest BCUT2D eigenvalue weighted by atomic mass is 9.87. The molecular formula is C11H20F3NO. The van der Waals surface area contributed by atoms with E-state index in [0.29, 0.717) is 19.1 Å². The van der Waals surface area contributed by atoms with E-state index in [1.165, 1.54) is 0 Å². The summed E-state index contributed by atoms with van der Waals surface area (Å²) in [5.41, 5.74) is -0.392. The molecule has 0 radical (unpaired) electrons. The summed E-state index contributed by atoms with van der Waals surface area (Å²) in [6, 6.07) is 0.365. The van der Waals surface area contributed by atoms with Crippen molar-refractivity contribution in [2.75, 3.05) is 13.7 Å². The van der Waals surface area contributed by atoms with Crippen LogP contribution in [0, 0.1) is 0 Å². The average molecular weight is 239 g/mol. The van der Waals surface area contributed by atoms with Gasteiger partial charge in [-0.3, -0.25) is 0 Å². The zero-order valence-electron chi connectivity index (χ0n) is 9.86. The molecule has 0 saturated carbocycles. The summed E-state index contributed by atoms with van der Waals surface area (Å²) in [5.74, 6) is 0. The van der Waals surface area contributed by atoms with Crippen molar-refractivity contribution in [3.63, 3.8) is 0 Å². The average Bonchev–Trinajstić information content (AvgIpc) is 2.15. The molecule has 2 nitrogen and oxygen atoms in total. The Morgan fingerprint density at radius 1 is 1.44 bits per heavy atom. The second kappa shape index (κ2) is 5.36. The number of nitrogens with one attached hydrogen (secondary N) is 1. The third-order valence-electron chi connectivity index (χ3n) is 3.17. The van der Waals surface area contributed by atoms with Gasteiger partial charge >= 0.3 is 6.18 Å². The maximum absolute atomic E-state index is 12.0. The van der Waals surface area contributed by atoms with Crippen molar-refractivity contribution in [3.8, 4) is 0 Å². The van der Waals surface area contributed by atoms with Crippen LogP contribution in [0.5, 0.6) is 0 Å². The Hall–Kier alpha value is -0.290. The fourth-order valence-electron chi connectivity index (χ4n) is 2.21. The van der Waals surface area contributed by atoms with E-state index >= 15 is 0 Å². The van der Waals surface area contributed by atoms with E-state index < -0.39 is 18.2 Å². The first kappa shape index (κ1) is 13.8. The SMILES string of the molecule is CNC1CCOC(C)(CCCC(F)(F)F)C1. The molecule has 2 atom stereocenters. The van der Waals surface area contributed by atoms with Crippen molar-refractivity contribution >= 4 is 0 Å². The first-order valence-electron chi connectivity index (χ1n) is 5.73. The van der Waals surface area contributed by atoms with Gasteiger partial charge < -0.3 is 10.1 Å². The number of rotatable bonds is 4. The van der Waals surface area contributed by atoms with Crippen molar-refractivity contribution in [2.45, 2.75) is 56.8 Å². The quantitative estimate of drug-likeness (QED) is 0.814. The smallest absolute Gasteiger partial charge is 0.375 e. The van der Waals surface area contributed by atoms with Gasteiger partial charge in [0.25, 0.3) is 0 Å². The van der Waals surface area contributed by atoms with Crippen molar-refractivity contribution < 1.29 is 17.9 Å². The summed E-state index contributed by atoms with van der Waals surface area (Å²) >= 11 is 0. The molecule has 0 spiro atoms. The van der Waals surface area contributed by atoms with Crippen LogP contribution in [0.1, 0.15) is 39.0 Å². The van der Waals surface area contributed by atoms with Gasteiger partial charge in [-0.05, 0) is 39.7 Å². The molecule has 5 heteroatoms. The maximum atomic E-state index is 12.0. The Morgan fingerprint density at radius 2 is 2.12 bits per heavy atom. The van der Waals surface area contributed by atoms with Crippen LogP contribution in [0.25, 0.3) is 0 Å². The zero-order chi connectivity index (χ0) is 12.2. The van der Waals surface area contributed by atoms with E-state index in [9.17, 15) is 13.2 Å². The standard InChI is InChI=1S/C11H20F3NO/c1-10(5-3-6-11(12,13)14)8-9(15-2)4-7-16-10/h9,15H,3-8H2,1-2H3. The van der Waals surface area contributed by atoms with Crippen molar-refractivity contribution in [2.24, 2.45) is 0 Å². The second-order valence-electron chi connectivity index (χ2n) is 4.75. The normalized spacial score (nSPS) is 31.7. The Kier molecular flexibility index (Phi) is 4.62. The van der Waals surface area contributed by atoms with Crippen LogP contribution in [0.2, 0.25) is 0 Å². The van der Waals surface area contributed by atoms with Gasteiger partial charge in [-0.1, -0.05) is 0 Å². The molecule has 1 fully saturated rings. The van der Waals surface area contributed by atoms with E-state index in [0.717, 1.165) is 12.8 Å². The van der Waals surface area contributed by atoms with Crippen molar-refractivity contribution in [1.82, 2.24) is 5.32 Å². The fraction of sp³-hybridized carbons (Fsp3) is 1.00. The van der Waals surface area contributed by atoms with Crippen LogP contribution in [0.4, 0.5) is 13.2 Å². The molecule has 0 amide bonds. The van der Waals surface area contributed by atoms with Gasteiger partial charge in [0.15, 0.2) is 0 Å². The Labute approximate surface area is 94.5 Å². The Balaban J connectivity index is 2.33. The number of ether oxygens (including phenoxy) is 1. The monoisotopic (exact) mass is 239 g/mol. The first-order valence-corrected chi connectivity index (χ1v) is 5.73. The van der Waals surface area contributed by atoms with Crippen LogP contribution in [-0.2, 0) is 4.74 Å². The third-order valence-corrected chi connectivity index (χ3v) is 3.17. The fourth-order valence-corrected chi connectivity index (χ4v) is 2.21. The van der Waals surface area contributed by atoms with Gasteiger partial charge in [0.1, 0.15) is 0 Å². The molecule has 0 aromatic rings. The molecule has 1 rings (SSSR count). The number of halogens is 3. The minimum absolute atomic E-state index is 0.149. The Morgan fingerprint density at radius 3 is 2.69 bits per heavy atom. The van der Waals surface area contributed by atoms with E-state index in [4.69, 9.17) is 4.74 Å². The number of alkyl halides is 3. The largest absolute Gasteiger partial charge is 0.389 e. The van der Waals surface area contributed by atoms with Gasteiger partial charge in [0.2, 0.25) is 0 Å². The summed E-state index contributed by atoms with van der Waals surface area (Å²) in [6.45, 7) is 2.54. The summed E-state index contributed by atoms with van der Waals surface area (Å²) in [6.07, 6.45) is -2.41. The first-order chi connectivity index (χ1) is 7.35. The van der Waals surface area contributed by atoms with E-state index in [1.807, 2.05) is 14.0 Å². The number of hydrogen-bond acceptors (Lipinski definition) is 2. The molecule has 0 aliphatic carbocycles. The summed E-state index contributed by atoms with van der Waals surface area (Å²) in [7, 11) is 1.88. The molecule has 1 N–H and O–H groups in total. The molecule has 1 aliphatic rings. The number of hydrogen-bond donors (Lipinski definition) is 1. The van der Waals surface area contributed by atoms with Crippen LogP contribution >= 0.6 is 0 Å². The van der Waals surface area contributed by atoms with Crippen molar-refractivity contribution in [3.05, 3.63) is 0 Å². The lowest BCUT2D eigenvalue weighted by molar-refractivity contribution is -0.141. The highest BCUT2D eigenvalue weighted by atomic mass is 19.4. The van der Waals surface area contributed by atoms with Crippen LogP contribution in [0.15, 0.2) is 0 Å². The van der Waals surface area contributed by atoms with E-state index in [2.05, 4.69) is 5.32 Å². The molecule has 1 saturated heterocycles. The molecular weight excluding hydrogens is 219 g/mol. The zero-order valence-corrected chi connectivity index (χ0v) is 9.86. The molecule has 1 heterocycles.